The van der Waals surface area contributed by atoms with Crippen molar-refractivity contribution in [3.8, 4) is 22.6 Å². The number of aromatic nitrogens is 1. The predicted octanol–water partition coefficient (Wildman–Crippen LogP) is 5.07. The Morgan fingerprint density at radius 3 is 2.42 bits per heavy atom. The van der Waals surface area contributed by atoms with Crippen molar-refractivity contribution in [2.75, 3.05) is 0 Å². The van der Waals surface area contributed by atoms with Crippen molar-refractivity contribution in [3.05, 3.63) is 82.9 Å². The smallest absolute Gasteiger partial charge is 0.282 e. The second-order valence-corrected chi connectivity index (χ2v) is 5.34. The third kappa shape index (κ3) is 2.42. The first kappa shape index (κ1) is 14.1. The molecule has 0 saturated heterocycles. The average molecular weight is 316 g/mol. The van der Waals surface area contributed by atoms with Crippen LogP contribution in [0.5, 0.6) is 0 Å². The number of nitro benzene ring substituents is 1. The minimum absolute atomic E-state index is 0.0210. The van der Waals surface area contributed by atoms with Gasteiger partial charge in [-0.2, -0.15) is 0 Å². The fourth-order valence-corrected chi connectivity index (χ4v) is 2.67. The summed E-state index contributed by atoms with van der Waals surface area (Å²) in [6, 6.07) is 22.1. The largest absolute Gasteiger partial charge is 0.436 e. The zero-order valence-electron chi connectivity index (χ0n) is 12.5. The monoisotopic (exact) mass is 316 g/mol. The summed E-state index contributed by atoms with van der Waals surface area (Å²) in [7, 11) is 0. The molecule has 0 N–H and O–H groups in total. The fourth-order valence-electron chi connectivity index (χ4n) is 2.67. The van der Waals surface area contributed by atoms with Gasteiger partial charge in [-0.15, -0.1) is 0 Å². The van der Waals surface area contributed by atoms with E-state index in [2.05, 4.69) is 4.98 Å². The minimum atomic E-state index is -0.431. The molecule has 0 atom stereocenters. The molecular formula is C19H12N2O3. The van der Waals surface area contributed by atoms with Gasteiger partial charge in [-0.05, 0) is 29.3 Å². The highest BCUT2D eigenvalue weighted by molar-refractivity contribution is 5.83. The first-order valence-corrected chi connectivity index (χ1v) is 7.42. The van der Waals surface area contributed by atoms with E-state index in [1.165, 1.54) is 6.07 Å². The Morgan fingerprint density at radius 1 is 0.875 bits per heavy atom. The molecule has 0 aliphatic carbocycles. The van der Waals surface area contributed by atoms with Crippen LogP contribution in [0.4, 0.5) is 5.69 Å². The SMILES string of the molecule is O=[N+]([O-])c1ccccc1-c1nc2cc(-c3ccccc3)ccc2o1. The summed E-state index contributed by atoms with van der Waals surface area (Å²) < 4.78 is 5.72. The normalized spacial score (nSPS) is 10.8. The van der Waals surface area contributed by atoms with Crippen molar-refractivity contribution >= 4 is 16.8 Å². The van der Waals surface area contributed by atoms with Crippen LogP contribution in [0, 0.1) is 10.1 Å². The molecule has 0 amide bonds. The second-order valence-electron chi connectivity index (χ2n) is 5.34. The van der Waals surface area contributed by atoms with Crippen LogP contribution in [-0.2, 0) is 0 Å². The summed E-state index contributed by atoms with van der Waals surface area (Å²) in [6.07, 6.45) is 0. The molecule has 3 aromatic carbocycles. The molecular weight excluding hydrogens is 304 g/mol. The summed E-state index contributed by atoms with van der Waals surface area (Å²) >= 11 is 0. The summed E-state index contributed by atoms with van der Waals surface area (Å²) in [4.78, 5) is 15.2. The number of fused-ring (bicyclic) bond motifs is 1. The quantitative estimate of drug-likeness (QED) is 0.391. The maximum absolute atomic E-state index is 11.2. The van der Waals surface area contributed by atoms with Crippen LogP contribution in [0.1, 0.15) is 0 Å². The third-order valence-corrected chi connectivity index (χ3v) is 3.83. The van der Waals surface area contributed by atoms with Crippen molar-refractivity contribution in [2.45, 2.75) is 0 Å². The maximum atomic E-state index is 11.2. The number of rotatable bonds is 3. The van der Waals surface area contributed by atoms with E-state index < -0.39 is 4.92 Å². The molecule has 0 spiro atoms. The van der Waals surface area contributed by atoms with E-state index >= 15 is 0 Å². The summed E-state index contributed by atoms with van der Waals surface area (Å²) in [5, 5.41) is 11.2. The number of benzene rings is 3. The Balaban J connectivity index is 1.84. The molecule has 0 radical (unpaired) electrons. The topological polar surface area (TPSA) is 69.2 Å². The van der Waals surface area contributed by atoms with E-state index in [0.717, 1.165) is 11.1 Å². The Hall–Kier alpha value is -3.47. The zero-order chi connectivity index (χ0) is 16.5. The van der Waals surface area contributed by atoms with Crippen LogP contribution in [0.25, 0.3) is 33.7 Å². The number of hydrogen-bond acceptors (Lipinski definition) is 4. The zero-order valence-corrected chi connectivity index (χ0v) is 12.5. The number of nitro groups is 1. The molecule has 0 saturated carbocycles. The van der Waals surface area contributed by atoms with E-state index in [-0.39, 0.29) is 11.6 Å². The van der Waals surface area contributed by atoms with Crippen LogP contribution in [0.15, 0.2) is 77.2 Å². The molecule has 4 aromatic rings. The van der Waals surface area contributed by atoms with Crippen molar-refractivity contribution in [1.29, 1.82) is 0 Å². The Labute approximate surface area is 137 Å². The van der Waals surface area contributed by atoms with Crippen LogP contribution < -0.4 is 0 Å². The summed E-state index contributed by atoms with van der Waals surface area (Å²) in [6.45, 7) is 0. The molecule has 0 unspecified atom stereocenters. The van der Waals surface area contributed by atoms with E-state index in [9.17, 15) is 10.1 Å². The molecule has 0 bridgehead atoms. The van der Waals surface area contributed by atoms with Gasteiger partial charge in [0.2, 0.25) is 5.89 Å². The van der Waals surface area contributed by atoms with E-state index in [0.29, 0.717) is 16.7 Å². The van der Waals surface area contributed by atoms with Crippen molar-refractivity contribution in [1.82, 2.24) is 4.98 Å². The van der Waals surface area contributed by atoms with Crippen molar-refractivity contribution in [3.63, 3.8) is 0 Å². The van der Waals surface area contributed by atoms with Gasteiger partial charge < -0.3 is 4.42 Å². The van der Waals surface area contributed by atoms with E-state index in [1.807, 2.05) is 48.5 Å². The fraction of sp³-hybridized carbons (Fsp3) is 0. The van der Waals surface area contributed by atoms with Gasteiger partial charge in [0, 0.05) is 6.07 Å². The molecule has 5 nitrogen and oxygen atoms in total. The number of oxazole rings is 1. The summed E-state index contributed by atoms with van der Waals surface area (Å²) in [5.74, 6) is 0.252. The molecule has 1 aromatic heterocycles. The molecule has 24 heavy (non-hydrogen) atoms. The summed E-state index contributed by atoms with van der Waals surface area (Å²) in [5.41, 5.74) is 3.72. The van der Waals surface area contributed by atoms with Crippen LogP contribution in [0.3, 0.4) is 0 Å². The molecule has 0 aliphatic heterocycles. The van der Waals surface area contributed by atoms with Crippen LogP contribution in [0.2, 0.25) is 0 Å². The van der Waals surface area contributed by atoms with E-state index in [4.69, 9.17) is 4.42 Å². The minimum Gasteiger partial charge on any atom is -0.436 e. The van der Waals surface area contributed by atoms with Gasteiger partial charge >= 0.3 is 0 Å². The average Bonchev–Trinajstić information content (AvgIpc) is 3.05. The van der Waals surface area contributed by atoms with Crippen molar-refractivity contribution in [2.24, 2.45) is 0 Å². The molecule has 0 fully saturated rings. The van der Waals surface area contributed by atoms with Gasteiger partial charge in [0.1, 0.15) is 11.1 Å². The van der Waals surface area contributed by atoms with E-state index in [1.54, 1.807) is 18.2 Å². The highest BCUT2D eigenvalue weighted by Gasteiger charge is 2.19. The highest BCUT2D eigenvalue weighted by atomic mass is 16.6. The Kier molecular flexibility index (Phi) is 3.31. The standard InChI is InChI=1S/C19H12N2O3/c22-21(23)17-9-5-4-8-15(17)19-20-16-12-14(10-11-18(16)24-19)13-6-2-1-3-7-13/h1-12H. The molecule has 5 heteroatoms. The number of nitrogens with zero attached hydrogens (tertiary/aromatic N) is 2. The Morgan fingerprint density at radius 2 is 1.62 bits per heavy atom. The molecule has 116 valence electrons. The first-order chi connectivity index (χ1) is 11.7. The number of hydrogen-bond donors (Lipinski definition) is 0. The lowest BCUT2D eigenvalue weighted by Gasteiger charge is -1.99. The van der Waals surface area contributed by atoms with Crippen LogP contribution in [-0.4, -0.2) is 9.91 Å². The van der Waals surface area contributed by atoms with Gasteiger partial charge in [-0.25, -0.2) is 4.98 Å². The van der Waals surface area contributed by atoms with Gasteiger partial charge in [0.05, 0.1) is 4.92 Å². The number of para-hydroxylation sites is 1. The lowest BCUT2D eigenvalue weighted by molar-refractivity contribution is -0.384. The third-order valence-electron chi connectivity index (χ3n) is 3.83. The van der Waals surface area contributed by atoms with Gasteiger partial charge in [-0.1, -0.05) is 48.5 Å². The Bertz CT molecular complexity index is 1040. The second kappa shape index (κ2) is 5.62. The first-order valence-electron chi connectivity index (χ1n) is 7.42. The lowest BCUT2D eigenvalue weighted by Crippen LogP contribution is -1.91. The highest BCUT2D eigenvalue weighted by Crippen LogP contribution is 2.32. The maximum Gasteiger partial charge on any atom is 0.282 e. The van der Waals surface area contributed by atoms with Gasteiger partial charge in [0.25, 0.3) is 5.69 Å². The van der Waals surface area contributed by atoms with Crippen molar-refractivity contribution < 1.29 is 9.34 Å². The van der Waals surface area contributed by atoms with Gasteiger partial charge in [-0.3, -0.25) is 10.1 Å². The molecule has 4 rings (SSSR count). The molecule has 1 heterocycles. The lowest BCUT2D eigenvalue weighted by atomic mass is 10.1. The predicted molar refractivity (Wildman–Crippen MR) is 91.5 cm³/mol. The van der Waals surface area contributed by atoms with Crippen LogP contribution >= 0.6 is 0 Å². The molecule has 0 aliphatic rings. The van der Waals surface area contributed by atoms with Gasteiger partial charge in [0.15, 0.2) is 5.58 Å².